The van der Waals surface area contributed by atoms with Gasteiger partial charge in [0, 0.05) is 0 Å². The highest BCUT2D eigenvalue weighted by atomic mass is 16.3. The van der Waals surface area contributed by atoms with Crippen LogP contribution in [-0.4, -0.2) is 16.4 Å². The summed E-state index contributed by atoms with van der Waals surface area (Å²) in [5, 5.41) is 18.2. The molecule has 1 fully saturated rings. The summed E-state index contributed by atoms with van der Waals surface area (Å²) in [6.07, 6.45) is 3.54. The molecule has 1 aromatic carbocycles. The van der Waals surface area contributed by atoms with E-state index in [1.54, 1.807) is 0 Å². The first-order chi connectivity index (χ1) is 8.72. The molecular weight excluding hydrogens is 222 g/mol. The van der Waals surface area contributed by atoms with Gasteiger partial charge in [0.25, 0.3) is 0 Å². The van der Waals surface area contributed by atoms with E-state index in [-0.39, 0.29) is 0 Å². The van der Waals surface area contributed by atoms with E-state index < -0.39 is 5.60 Å². The van der Waals surface area contributed by atoms with Gasteiger partial charge in [-0.15, -0.1) is 0 Å². The molecular formula is C16H27NO. The van der Waals surface area contributed by atoms with E-state index in [1.807, 2.05) is 58.0 Å². The fourth-order valence-corrected chi connectivity index (χ4v) is 2.08. The maximum absolute atomic E-state index is 10.2. The van der Waals surface area contributed by atoms with E-state index in [4.69, 9.17) is 5.41 Å². The van der Waals surface area contributed by atoms with Crippen molar-refractivity contribution in [3.63, 3.8) is 0 Å². The minimum absolute atomic E-state index is 0.385. The summed E-state index contributed by atoms with van der Waals surface area (Å²) in [7, 11) is 0. The van der Waals surface area contributed by atoms with Crippen LogP contribution in [0.15, 0.2) is 30.3 Å². The van der Waals surface area contributed by atoms with Crippen LogP contribution in [0.2, 0.25) is 0 Å². The van der Waals surface area contributed by atoms with Gasteiger partial charge in [0.2, 0.25) is 0 Å². The van der Waals surface area contributed by atoms with Crippen LogP contribution in [0.1, 0.15) is 58.9 Å². The molecule has 0 radical (unpaired) electrons. The Balaban J connectivity index is 0.000000659. The van der Waals surface area contributed by atoms with Crippen LogP contribution < -0.4 is 0 Å². The van der Waals surface area contributed by atoms with Crippen LogP contribution in [0.5, 0.6) is 0 Å². The molecule has 0 aliphatic heterocycles. The van der Waals surface area contributed by atoms with Gasteiger partial charge in [-0.25, -0.2) is 0 Å². The van der Waals surface area contributed by atoms with Crippen molar-refractivity contribution in [3.8, 4) is 0 Å². The van der Waals surface area contributed by atoms with Crippen molar-refractivity contribution in [2.45, 2.75) is 59.0 Å². The topological polar surface area (TPSA) is 44.1 Å². The van der Waals surface area contributed by atoms with Gasteiger partial charge in [-0.05, 0) is 18.4 Å². The van der Waals surface area contributed by atoms with Crippen molar-refractivity contribution in [3.05, 3.63) is 35.9 Å². The smallest absolute Gasteiger partial charge is 0.106 e. The maximum atomic E-state index is 10.2. The van der Waals surface area contributed by atoms with Crippen LogP contribution in [0.4, 0.5) is 0 Å². The lowest BCUT2D eigenvalue weighted by molar-refractivity contribution is 0.120. The lowest BCUT2D eigenvalue weighted by atomic mass is 9.91. The first-order valence-electron chi connectivity index (χ1n) is 7.09. The van der Waals surface area contributed by atoms with E-state index in [0.717, 1.165) is 31.2 Å². The van der Waals surface area contributed by atoms with Gasteiger partial charge >= 0.3 is 0 Å². The van der Waals surface area contributed by atoms with Gasteiger partial charge in [-0.2, -0.15) is 0 Å². The van der Waals surface area contributed by atoms with E-state index >= 15 is 0 Å². The zero-order chi connectivity index (χ0) is 14.0. The highest BCUT2D eigenvalue weighted by Crippen LogP contribution is 2.32. The summed E-state index contributed by atoms with van der Waals surface area (Å²) in [5.41, 5.74) is 0.369. The van der Waals surface area contributed by atoms with E-state index in [9.17, 15) is 5.11 Å². The second-order valence-electron chi connectivity index (χ2n) is 3.98. The average Bonchev–Trinajstić information content (AvgIpc) is 2.91. The molecule has 102 valence electrons. The molecule has 0 heterocycles. The van der Waals surface area contributed by atoms with Crippen LogP contribution in [0, 0.1) is 5.41 Å². The Morgan fingerprint density at radius 1 is 1.00 bits per heavy atom. The summed E-state index contributed by atoms with van der Waals surface area (Å²) < 4.78 is 0. The molecule has 0 unspecified atom stereocenters. The minimum atomic E-state index is -0.860. The van der Waals surface area contributed by atoms with Gasteiger partial charge in [-0.3, -0.25) is 0 Å². The molecule has 1 aliphatic rings. The summed E-state index contributed by atoms with van der Waals surface area (Å²) >= 11 is 0. The third-order valence-electron chi connectivity index (χ3n) is 2.96. The largest absolute Gasteiger partial charge is 0.384 e. The Labute approximate surface area is 112 Å². The number of rotatable bonds is 2. The van der Waals surface area contributed by atoms with Crippen LogP contribution in [0.3, 0.4) is 0 Å². The molecule has 0 saturated heterocycles. The molecule has 0 aromatic heterocycles. The van der Waals surface area contributed by atoms with Crippen molar-refractivity contribution in [1.82, 2.24) is 0 Å². The van der Waals surface area contributed by atoms with E-state index in [0.29, 0.717) is 5.71 Å². The van der Waals surface area contributed by atoms with E-state index in [2.05, 4.69) is 0 Å². The van der Waals surface area contributed by atoms with Gasteiger partial charge in [0.1, 0.15) is 5.60 Å². The monoisotopic (exact) mass is 249 g/mol. The fourth-order valence-electron chi connectivity index (χ4n) is 2.08. The SMILES string of the molecule is CC.CC.N=C(c1ccccc1)C1(O)CCCC1. The number of benzene rings is 1. The summed E-state index contributed by atoms with van der Waals surface area (Å²) in [5.74, 6) is 0. The van der Waals surface area contributed by atoms with E-state index in [1.165, 1.54) is 0 Å². The molecule has 0 amide bonds. The molecule has 0 atom stereocenters. The van der Waals surface area contributed by atoms with Crippen LogP contribution in [-0.2, 0) is 0 Å². The molecule has 2 nitrogen and oxygen atoms in total. The number of aliphatic hydroxyl groups is 1. The first-order valence-corrected chi connectivity index (χ1v) is 7.09. The minimum Gasteiger partial charge on any atom is -0.384 e. The van der Waals surface area contributed by atoms with Gasteiger partial charge in [-0.1, -0.05) is 70.9 Å². The quantitative estimate of drug-likeness (QED) is 0.749. The normalized spacial score (nSPS) is 15.8. The van der Waals surface area contributed by atoms with Gasteiger partial charge in [0.15, 0.2) is 0 Å². The molecule has 2 heteroatoms. The number of hydrogen-bond acceptors (Lipinski definition) is 2. The molecule has 1 saturated carbocycles. The van der Waals surface area contributed by atoms with Crippen molar-refractivity contribution in [2.24, 2.45) is 0 Å². The molecule has 2 rings (SSSR count). The zero-order valence-electron chi connectivity index (χ0n) is 12.2. The average molecular weight is 249 g/mol. The molecule has 0 bridgehead atoms. The predicted octanol–water partition coefficient (Wildman–Crippen LogP) is 4.41. The molecule has 1 aromatic rings. The fraction of sp³-hybridized carbons (Fsp3) is 0.562. The summed E-state index contributed by atoms with van der Waals surface area (Å²) in [6.45, 7) is 8.00. The molecule has 1 aliphatic carbocycles. The highest BCUT2D eigenvalue weighted by Gasteiger charge is 2.35. The lowest BCUT2D eigenvalue weighted by Gasteiger charge is -2.23. The highest BCUT2D eigenvalue weighted by molar-refractivity contribution is 6.04. The van der Waals surface area contributed by atoms with Crippen molar-refractivity contribution >= 4 is 5.71 Å². The van der Waals surface area contributed by atoms with Gasteiger partial charge in [0.05, 0.1) is 5.71 Å². The zero-order valence-corrected chi connectivity index (χ0v) is 12.2. The van der Waals surface area contributed by atoms with Gasteiger partial charge < -0.3 is 10.5 Å². The summed E-state index contributed by atoms with van der Waals surface area (Å²) in [6, 6.07) is 9.51. The molecule has 2 N–H and O–H groups in total. The number of nitrogens with one attached hydrogen (secondary N) is 1. The summed E-state index contributed by atoms with van der Waals surface area (Å²) in [4.78, 5) is 0. The Kier molecular flexibility index (Phi) is 8.30. The second-order valence-corrected chi connectivity index (χ2v) is 3.98. The van der Waals surface area contributed by atoms with Crippen molar-refractivity contribution in [2.75, 3.05) is 0 Å². The number of hydrogen-bond donors (Lipinski definition) is 2. The predicted molar refractivity (Wildman–Crippen MR) is 79.4 cm³/mol. The van der Waals surface area contributed by atoms with Crippen molar-refractivity contribution in [1.29, 1.82) is 5.41 Å². The second kappa shape index (κ2) is 8.87. The third kappa shape index (κ3) is 4.26. The van der Waals surface area contributed by atoms with Crippen molar-refractivity contribution < 1.29 is 5.11 Å². The Bertz CT molecular complexity index is 326. The van der Waals surface area contributed by atoms with Crippen LogP contribution >= 0.6 is 0 Å². The Morgan fingerprint density at radius 3 is 1.89 bits per heavy atom. The molecule has 0 spiro atoms. The maximum Gasteiger partial charge on any atom is 0.106 e. The lowest BCUT2D eigenvalue weighted by Crippen LogP contribution is -2.35. The Morgan fingerprint density at radius 2 is 1.44 bits per heavy atom. The van der Waals surface area contributed by atoms with Crippen LogP contribution in [0.25, 0.3) is 0 Å². The molecule has 18 heavy (non-hydrogen) atoms. The third-order valence-corrected chi connectivity index (χ3v) is 2.96. The first kappa shape index (κ1) is 16.9. The Hall–Kier alpha value is -1.15. The standard InChI is InChI=1S/C12H15NO.2C2H6/c13-11(10-6-2-1-3-7-10)12(14)8-4-5-9-12;2*1-2/h1-3,6-7,13-14H,4-5,8-9H2;2*1-2H3.